The lowest BCUT2D eigenvalue weighted by molar-refractivity contribution is -0.0504. The molecule has 0 saturated heterocycles. The van der Waals surface area contributed by atoms with Crippen LogP contribution in [0.5, 0.6) is 5.75 Å². The third-order valence-corrected chi connectivity index (χ3v) is 2.43. The summed E-state index contributed by atoms with van der Waals surface area (Å²) in [5.41, 5.74) is 1.70. The van der Waals surface area contributed by atoms with E-state index in [-0.39, 0.29) is 5.75 Å². The Morgan fingerprint density at radius 2 is 2.19 bits per heavy atom. The number of benzene rings is 1. The highest BCUT2D eigenvalue weighted by atomic mass is 19.3. The van der Waals surface area contributed by atoms with Gasteiger partial charge in [0.1, 0.15) is 5.75 Å². The van der Waals surface area contributed by atoms with Crippen molar-refractivity contribution in [1.82, 2.24) is 0 Å². The fourth-order valence-electron chi connectivity index (χ4n) is 1.62. The highest BCUT2D eigenvalue weighted by Gasteiger charge is 2.14. The summed E-state index contributed by atoms with van der Waals surface area (Å²) >= 11 is 0. The van der Waals surface area contributed by atoms with Gasteiger partial charge in [-0.15, -0.1) is 6.58 Å². The zero-order valence-electron chi connectivity index (χ0n) is 9.47. The number of alkyl halides is 2. The van der Waals surface area contributed by atoms with E-state index in [4.69, 9.17) is 0 Å². The van der Waals surface area contributed by atoms with E-state index in [1.807, 2.05) is 19.9 Å². The Labute approximate surface area is 94.7 Å². The van der Waals surface area contributed by atoms with Gasteiger partial charge >= 0.3 is 6.61 Å². The summed E-state index contributed by atoms with van der Waals surface area (Å²) in [4.78, 5) is 0. The van der Waals surface area contributed by atoms with Crippen molar-refractivity contribution >= 4 is 0 Å². The number of hydrogen-bond donors (Lipinski definition) is 0. The summed E-state index contributed by atoms with van der Waals surface area (Å²) in [7, 11) is 0. The van der Waals surface area contributed by atoms with Gasteiger partial charge in [0.25, 0.3) is 0 Å². The summed E-state index contributed by atoms with van der Waals surface area (Å²) < 4.78 is 28.9. The zero-order valence-corrected chi connectivity index (χ0v) is 9.47. The van der Waals surface area contributed by atoms with Gasteiger partial charge in [-0.2, -0.15) is 8.78 Å². The summed E-state index contributed by atoms with van der Waals surface area (Å²) in [5.74, 6) is 1.20. The van der Waals surface area contributed by atoms with Crippen molar-refractivity contribution in [3.63, 3.8) is 0 Å². The van der Waals surface area contributed by atoms with Crippen molar-refractivity contribution in [3.8, 4) is 5.75 Å². The van der Waals surface area contributed by atoms with Crippen LogP contribution in [0, 0.1) is 5.92 Å². The highest BCUT2D eigenvalue weighted by molar-refractivity contribution is 5.49. The van der Waals surface area contributed by atoms with Crippen molar-refractivity contribution in [1.29, 1.82) is 0 Å². The Hall–Kier alpha value is -1.38. The second kappa shape index (κ2) is 5.64. The maximum atomic E-state index is 12.2. The largest absolute Gasteiger partial charge is 0.435 e. The van der Waals surface area contributed by atoms with Crippen LogP contribution in [-0.2, 0) is 6.42 Å². The molecule has 87 valence electrons. The molecule has 0 unspecified atom stereocenters. The van der Waals surface area contributed by atoms with Crippen molar-refractivity contribution in [2.75, 3.05) is 0 Å². The van der Waals surface area contributed by atoms with Crippen LogP contribution < -0.4 is 4.74 Å². The molecule has 0 atom stereocenters. The Bertz CT molecular complexity index is 361. The maximum Gasteiger partial charge on any atom is 0.387 e. The Morgan fingerprint density at radius 3 is 2.69 bits per heavy atom. The molecule has 0 fully saturated rings. The monoisotopic (exact) mass is 225 g/mol. The van der Waals surface area contributed by atoms with E-state index in [0.717, 1.165) is 17.0 Å². The molecule has 1 nitrogen and oxygen atoms in total. The van der Waals surface area contributed by atoms with Gasteiger partial charge in [0.05, 0.1) is 0 Å². The van der Waals surface area contributed by atoms with Gasteiger partial charge in [0, 0.05) is 5.92 Å². The molecule has 1 rings (SSSR count). The first-order valence-electron chi connectivity index (χ1n) is 5.13. The summed E-state index contributed by atoms with van der Waals surface area (Å²) in [6.45, 7) is 4.70. The van der Waals surface area contributed by atoms with Crippen LogP contribution in [0.3, 0.4) is 0 Å². The predicted molar refractivity (Wildman–Crippen MR) is 60.7 cm³/mol. The zero-order chi connectivity index (χ0) is 12.1. The second-order valence-corrected chi connectivity index (χ2v) is 3.40. The normalized spacial score (nSPS) is 10.9. The minimum atomic E-state index is -2.79. The number of halogens is 2. The summed E-state index contributed by atoms with van der Waals surface area (Å²) in [5, 5.41) is 0. The molecular weight excluding hydrogens is 210 g/mol. The second-order valence-electron chi connectivity index (χ2n) is 3.40. The lowest BCUT2D eigenvalue weighted by atomic mass is 9.94. The van der Waals surface area contributed by atoms with Crippen LogP contribution in [0.25, 0.3) is 0 Å². The Balaban J connectivity index is 3.14. The van der Waals surface area contributed by atoms with Crippen molar-refractivity contribution in [2.24, 2.45) is 0 Å². The molecule has 3 heteroatoms. The standard InChI is InChI=1S/C13H15F2O/c1-4-9(3)11-7-6-8-12(10(11)5-2)16-13(14)15/h4,6-8,13H,1,5H2,2-3H3. The van der Waals surface area contributed by atoms with Gasteiger partial charge in [-0.25, -0.2) is 0 Å². The molecule has 0 aliphatic heterocycles. The van der Waals surface area contributed by atoms with Gasteiger partial charge in [-0.3, -0.25) is 0 Å². The smallest absolute Gasteiger partial charge is 0.387 e. The highest BCUT2D eigenvalue weighted by Crippen LogP contribution is 2.29. The molecule has 0 aromatic heterocycles. The van der Waals surface area contributed by atoms with Crippen LogP contribution in [-0.4, -0.2) is 6.61 Å². The third-order valence-electron chi connectivity index (χ3n) is 2.43. The van der Waals surface area contributed by atoms with Gasteiger partial charge < -0.3 is 4.74 Å². The summed E-state index contributed by atoms with van der Waals surface area (Å²) in [6.07, 6.45) is 2.35. The third kappa shape index (κ3) is 2.81. The van der Waals surface area contributed by atoms with Gasteiger partial charge in [0.15, 0.2) is 0 Å². The first-order valence-corrected chi connectivity index (χ1v) is 5.13. The predicted octanol–water partition coefficient (Wildman–Crippen LogP) is 3.98. The molecule has 0 spiro atoms. The van der Waals surface area contributed by atoms with Crippen molar-refractivity contribution in [2.45, 2.75) is 26.9 Å². The minimum Gasteiger partial charge on any atom is -0.435 e. The van der Waals surface area contributed by atoms with Gasteiger partial charge in [0.2, 0.25) is 0 Å². The van der Waals surface area contributed by atoms with E-state index >= 15 is 0 Å². The number of rotatable bonds is 5. The molecule has 0 amide bonds. The molecule has 1 aromatic carbocycles. The lowest BCUT2D eigenvalue weighted by Gasteiger charge is -2.16. The average molecular weight is 225 g/mol. The molecule has 0 bridgehead atoms. The minimum absolute atomic E-state index is 0.246. The van der Waals surface area contributed by atoms with Gasteiger partial charge in [-0.1, -0.05) is 32.1 Å². The topological polar surface area (TPSA) is 9.23 Å². The quantitative estimate of drug-likeness (QED) is 0.736. The molecule has 16 heavy (non-hydrogen) atoms. The first-order chi connectivity index (χ1) is 7.60. The van der Waals surface area contributed by atoms with E-state index < -0.39 is 6.61 Å². The van der Waals surface area contributed by atoms with E-state index in [0.29, 0.717) is 6.42 Å². The van der Waals surface area contributed by atoms with Crippen LogP contribution in [0.15, 0.2) is 30.9 Å². The molecule has 1 aromatic rings. The molecule has 0 heterocycles. The Kier molecular flexibility index (Phi) is 4.47. The van der Waals surface area contributed by atoms with E-state index in [1.165, 1.54) is 0 Å². The molecule has 0 saturated carbocycles. The molecule has 1 radical (unpaired) electrons. The lowest BCUT2D eigenvalue weighted by Crippen LogP contribution is -2.06. The summed E-state index contributed by atoms with van der Waals surface area (Å²) in [6, 6.07) is 5.15. The number of allylic oxidation sites excluding steroid dienone is 1. The van der Waals surface area contributed by atoms with E-state index in [9.17, 15) is 8.78 Å². The Morgan fingerprint density at radius 1 is 1.50 bits per heavy atom. The fraction of sp³-hybridized carbons (Fsp3) is 0.308. The average Bonchev–Trinajstić information content (AvgIpc) is 2.27. The van der Waals surface area contributed by atoms with Crippen molar-refractivity contribution < 1.29 is 13.5 Å². The van der Waals surface area contributed by atoms with Gasteiger partial charge in [-0.05, 0) is 23.6 Å². The number of ether oxygens (including phenoxy) is 1. The van der Waals surface area contributed by atoms with Crippen molar-refractivity contribution in [3.05, 3.63) is 47.9 Å². The van der Waals surface area contributed by atoms with Crippen LogP contribution in [0.4, 0.5) is 8.78 Å². The number of hydrogen-bond acceptors (Lipinski definition) is 1. The molecule has 0 aliphatic rings. The van der Waals surface area contributed by atoms with E-state index in [2.05, 4.69) is 11.3 Å². The van der Waals surface area contributed by atoms with E-state index in [1.54, 1.807) is 18.2 Å². The molecular formula is C13H15F2O. The van der Waals surface area contributed by atoms with Crippen LogP contribution in [0.2, 0.25) is 0 Å². The van der Waals surface area contributed by atoms with Crippen LogP contribution >= 0.6 is 0 Å². The SMILES string of the molecule is C=C[C](C)c1cccc(OC(F)F)c1CC. The maximum absolute atomic E-state index is 12.2. The van der Waals surface area contributed by atoms with Crippen LogP contribution in [0.1, 0.15) is 25.0 Å². The first kappa shape index (κ1) is 12.7. The fourth-order valence-corrected chi connectivity index (χ4v) is 1.62. The molecule has 0 N–H and O–H groups in total. The molecule has 0 aliphatic carbocycles.